The number of pyridine rings is 1. The minimum Gasteiger partial charge on any atom is -0.437 e. The number of rotatable bonds is 8. The van der Waals surface area contributed by atoms with Crippen LogP contribution in [0, 0.1) is 6.92 Å². The summed E-state index contributed by atoms with van der Waals surface area (Å²) in [6, 6.07) is 14.2. The summed E-state index contributed by atoms with van der Waals surface area (Å²) in [4.78, 5) is 25.8. The molecule has 9 nitrogen and oxygen atoms in total. The van der Waals surface area contributed by atoms with E-state index in [4.69, 9.17) is 9.72 Å². The van der Waals surface area contributed by atoms with Crippen LogP contribution in [0.5, 0.6) is 11.6 Å². The molecule has 214 valence electrons. The molecule has 0 bridgehead atoms. The normalized spacial score (nSPS) is 16.3. The van der Waals surface area contributed by atoms with Crippen LogP contribution in [0.2, 0.25) is 0 Å². The molecule has 1 aliphatic rings. The van der Waals surface area contributed by atoms with Crippen LogP contribution in [0.25, 0.3) is 22.0 Å². The highest BCUT2D eigenvalue weighted by Crippen LogP contribution is 2.38. The molecule has 4 N–H and O–H groups in total. The number of carbonyl (C=O) groups is 1. The van der Waals surface area contributed by atoms with Crippen molar-refractivity contribution >= 4 is 28.3 Å². The maximum atomic E-state index is 12.7. The molecule has 4 aromatic rings. The predicted molar refractivity (Wildman–Crippen MR) is 149 cm³/mol. The Morgan fingerprint density at radius 1 is 1.12 bits per heavy atom. The zero-order valence-electron chi connectivity index (χ0n) is 22.2. The van der Waals surface area contributed by atoms with Crippen molar-refractivity contribution in [3.63, 3.8) is 0 Å². The minimum atomic E-state index is -4.89. The van der Waals surface area contributed by atoms with Gasteiger partial charge >= 0.3 is 6.18 Å². The number of nitrogens with one attached hydrogen (secondary N) is 3. The summed E-state index contributed by atoms with van der Waals surface area (Å²) < 4.78 is 44.5. The number of alkyl halides is 3. The van der Waals surface area contributed by atoms with Crippen LogP contribution >= 0.6 is 0 Å². The predicted octanol–water partition coefficient (Wildman–Crippen LogP) is 5.21. The summed E-state index contributed by atoms with van der Waals surface area (Å²) in [6.45, 7) is 3.69. The highest BCUT2D eigenvalue weighted by Gasteiger charge is 2.39. The standard InChI is InChI=1S/C29H29F3N6O3/c1-17-9-10-19-20(6-2-8-22(19)37-25(40)15-24(39)29(30,31)32)26(17)41-27-21(7-4-13-34-27)23-11-14-35-28(38-23)36-18-5-3-12-33-16-18/h2,4,6-11,13-14,18,24,33,39H,3,5,12,15-16H2,1H3,(H,37,40)(H,35,36,38). The van der Waals surface area contributed by atoms with Gasteiger partial charge in [-0.05, 0) is 56.1 Å². The maximum Gasteiger partial charge on any atom is 0.414 e. The molecular formula is C29H29F3N6O3. The summed E-state index contributed by atoms with van der Waals surface area (Å²) >= 11 is 0. The number of aromatic nitrogens is 3. The summed E-state index contributed by atoms with van der Waals surface area (Å²) in [6.07, 6.45) is -3.38. The van der Waals surface area contributed by atoms with E-state index in [0.717, 1.165) is 31.5 Å². The number of amides is 1. The molecule has 3 heterocycles. The quantitative estimate of drug-likeness (QED) is 0.230. The zero-order valence-corrected chi connectivity index (χ0v) is 22.2. The molecule has 0 spiro atoms. The molecule has 0 saturated carbocycles. The third-order valence-corrected chi connectivity index (χ3v) is 6.77. The number of hydrogen-bond donors (Lipinski definition) is 4. The molecule has 2 aromatic carbocycles. The van der Waals surface area contributed by atoms with E-state index in [0.29, 0.717) is 39.6 Å². The molecule has 1 amide bonds. The number of carbonyl (C=O) groups excluding carboxylic acids is 1. The van der Waals surface area contributed by atoms with Gasteiger partial charge in [0.05, 0.1) is 17.7 Å². The Kier molecular flexibility index (Phi) is 8.31. The van der Waals surface area contributed by atoms with Crippen LogP contribution < -0.4 is 20.7 Å². The highest BCUT2D eigenvalue weighted by atomic mass is 19.4. The van der Waals surface area contributed by atoms with Gasteiger partial charge in [-0.2, -0.15) is 13.2 Å². The second kappa shape index (κ2) is 12.1. The number of anilines is 2. The first-order valence-corrected chi connectivity index (χ1v) is 13.2. The molecule has 12 heteroatoms. The summed E-state index contributed by atoms with van der Waals surface area (Å²) in [5.41, 5.74) is 2.32. The fraction of sp³-hybridized carbons (Fsp3) is 0.310. The van der Waals surface area contributed by atoms with Crippen LogP contribution in [0.4, 0.5) is 24.8 Å². The molecule has 2 atom stereocenters. The molecule has 0 aliphatic carbocycles. The van der Waals surface area contributed by atoms with E-state index in [-0.39, 0.29) is 11.7 Å². The van der Waals surface area contributed by atoms with Crippen molar-refractivity contribution in [1.82, 2.24) is 20.3 Å². The fourth-order valence-electron chi connectivity index (χ4n) is 4.68. The van der Waals surface area contributed by atoms with E-state index in [9.17, 15) is 23.1 Å². The Balaban J connectivity index is 1.43. The number of aliphatic hydroxyl groups excluding tert-OH is 1. The van der Waals surface area contributed by atoms with Gasteiger partial charge in [0.2, 0.25) is 17.7 Å². The van der Waals surface area contributed by atoms with Crippen molar-refractivity contribution in [2.45, 2.75) is 44.5 Å². The van der Waals surface area contributed by atoms with Crippen LogP contribution in [0.3, 0.4) is 0 Å². The van der Waals surface area contributed by atoms with Crippen LogP contribution in [0.1, 0.15) is 24.8 Å². The zero-order chi connectivity index (χ0) is 29.0. The maximum absolute atomic E-state index is 12.7. The second-order valence-electron chi connectivity index (χ2n) is 9.83. The van der Waals surface area contributed by atoms with E-state index >= 15 is 0 Å². The van der Waals surface area contributed by atoms with Gasteiger partial charge in [0.15, 0.2) is 6.10 Å². The fourth-order valence-corrected chi connectivity index (χ4v) is 4.68. The lowest BCUT2D eigenvalue weighted by Gasteiger charge is -2.23. The first kappa shape index (κ1) is 28.2. The third-order valence-electron chi connectivity index (χ3n) is 6.77. The Labute approximate surface area is 234 Å². The molecule has 41 heavy (non-hydrogen) atoms. The van der Waals surface area contributed by atoms with Crippen molar-refractivity contribution in [3.8, 4) is 22.9 Å². The lowest BCUT2D eigenvalue weighted by Crippen LogP contribution is -2.38. The SMILES string of the molecule is Cc1ccc2c(NC(=O)CC(O)C(F)(F)F)cccc2c1Oc1ncccc1-c1ccnc(NC2CCCNC2)n1. The van der Waals surface area contributed by atoms with E-state index in [1.807, 2.05) is 13.0 Å². The van der Waals surface area contributed by atoms with Gasteiger partial charge in [-0.1, -0.05) is 24.3 Å². The molecule has 0 radical (unpaired) electrons. The van der Waals surface area contributed by atoms with Gasteiger partial charge in [0.25, 0.3) is 0 Å². The van der Waals surface area contributed by atoms with Gasteiger partial charge in [-0.3, -0.25) is 4.79 Å². The largest absolute Gasteiger partial charge is 0.437 e. The van der Waals surface area contributed by atoms with E-state index in [1.54, 1.807) is 54.9 Å². The lowest BCUT2D eigenvalue weighted by molar-refractivity contribution is -0.205. The molecular weight excluding hydrogens is 537 g/mol. The van der Waals surface area contributed by atoms with E-state index in [1.165, 1.54) is 0 Å². The van der Waals surface area contributed by atoms with Gasteiger partial charge in [-0.25, -0.2) is 15.0 Å². The molecule has 2 aromatic heterocycles. The number of ether oxygens (including phenoxy) is 1. The van der Waals surface area contributed by atoms with Crippen LogP contribution in [-0.4, -0.2) is 57.4 Å². The lowest BCUT2D eigenvalue weighted by atomic mass is 10.0. The number of hydrogen-bond acceptors (Lipinski definition) is 8. The average molecular weight is 567 g/mol. The average Bonchev–Trinajstić information content (AvgIpc) is 2.95. The summed E-state index contributed by atoms with van der Waals surface area (Å²) in [5.74, 6) is 0.308. The Bertz CT molecular complexity index is 1540. The second-order valence-corrected chi connectivity index (χ2v) is 9.83. The first-order chi connectivity index (χ1) is 19.7. The number of halogens is 3. The van der Waals surface area contributed by atoms with Gasteiger partial charge in [0.1, 0.15) is 5.75 Å². The number of aryl methyl sites for hydroxylation is 1. The monoisotopic (exact) mass is 566 g/mol. The van der Waals surface area contributed by atoms with Gasteiger partial charge in [-0.15, -0.1) is 0 Å². The topological polar surface area (TPSA) is 121 Å². The Morgan fingerprint density at radius 2 is 1.98 bits per heavy atom. The van der Waals surface area contributed by atoms with Crippen molar-refractivity contribution in [2.75, 3.05) is 23.7 Å². The number of benzene rings is 2. The van der Waals surface area contributed by atoms with Crippen molar-refractivity contribution < 1.29 is 27.8 Å². The van der Waals surface area contributed by atoms with Gasteiger partial charge < -0.3 is 25.8 Å². The van der Waals surface area contributed by atoms with Crippen molar-refractivity contribution in [1.29, 1.82) is 0 Å². The van der Waals surface area contributed by atoms with Gasteiger partial charge in [0, 0.05) is 41.4 Å². The van der Waals surface area contributed by atoms with Crippen LogP contribution in [0.15, 0.2) is 60.9 Å². The Hall–Kier alpha value is -4.29. The smallest absolute Gasteiger partial charge is 0.414 e. The highest BCUT2D eigenvalue weighted by molar-refractivity contribution is 6.04. The van der Waals surface area contributed by atoms with Crippen molar-refractivity contribution in [2.24, 2.45) is 0 Å². The molecule has 1 aliphatic heterocycles. The first-order valence-electron chi connectivity index (χ1n) is 13.2. The Morgan fingerprint density at radius 3 is 2.76 bits per heavy atom. The van der Waals surface area contributed by atoms with E-state index in [2.05, 4.69) is 25.9 Å². The van der Waals surface area contributed by atoms with Crippen LogP contribution in [-0.2, 0) is 4.79 Å². The summed E-state index contributed by atoms with van der Waals surface area (Å²) in [5, 5.41) is 19.7. The molecule has 5 rings (SSSR count). The number of piperidine rings is 1. The third kappa shape index (κ3) is 6.72. The minimum absolute atomic E-state index is 0.230. The number of aliphatic hydroxyl groups is 1. The summed E-state index contributed by atoms with van der Waals surface area (Å²) in [7, 11) is 0. The van der Waals surface area contributed by atoms with E-state index < -0.39 is 24.6 Å². The number of fused-ring (bicyclic) bond motifs is 1. The van der Waals surface area contributed by atoms with Crippen molar-refractivity contribution in [3.05, 3.63) is 66.5 Å². The molecule has 1 fully saturated rings. The molecule has 1 saturated heterocycles. The molecule has 2 unspecified atom stereocenters. The number of nitrogens with zero attached hydrogens (tertiary/aromatic N) is 3.